The minimum absolute atomic E-state index is 0.243. The number of aryl methyl sites for hydroxylation is 1. The number of nitrogens with zero attached hydrogens (tertiary/aromatic N) is 3. The van der Waals surface area contributed by atoms with Gasteiger partial charge in [0.1, 0.15) is 19.3 Å². The van der Waals surface area contributed by atoms with E-state index < -0.39 is 29.5 Å². The van der Waals surface area contributed by atoms with Crippen molar-refractivity contribution < 1.29 is 28.2 Å². The van der Waals surface area contributed by atoms with Crippen LogP contribution in [-0.4, -0.2) is 64.6 Å². The topological polar surface area (TPSA) is 88.9 Å². The minimum atomic E-state index is -3.80. The second-order valence-electron chi connectivity index (χ2n) is 10.6. The molecule has 2 aliphatic rings. The number of hydrogen-bond donors (Lipinski definition) is 2. The summed E-state index contributed by atoms with van der Waals surface area (Å²) in [5.41, 5.74) is 2.61. The van der Waals surface area contributed by atoms with Crippen molar-refractivity contribution in [2.45, 2.75) is 30.9 Å². The van der Waals surface area contributed by atoms with Crippen molar-refractivity contribution >= 4 is 16.8 Å². The number of rotatable bonds is 8. The molecule has 41 heavy (non-hydrogen) atoms. The number of aliphatic hydroxyl groups excluding tert-OH is 1. The number of halogens is 2. The number of hydrogen-bond acceptors (Lipinski definition) is 6. The highest BCUT2D eigenvalue weighted by atomic mass is 19.3. The molecule has 0 bridgehead atoms. The number of aliphatic hydroxyl groups is 1. The van der Waals surface area contributed by atoms with Gasteiger partial charge in [-0.1, -0.05) is 36.4 Å². The van der Waals surface area contributed by atoms with Crippen molar-refractivity contribution in [1.82, 2.24) is 20.0 Å². The molecule has 2 aliphatic heterocycles. The van der Waals surface area contributed by atoms with E-state index in [-0.39, 0.29) is 6.54 Å². The van der Waals surface area contributed by atoms with Crippen LogP contribution < -0.4 is 14.8 Å². The van der Waals surface area contributed by atoms with Gasteiger partial charge in [0, 0.05) is 24.5 Å². The van der Waals surface area contributed by atoms with Gasteiger partial charge in [-0.3, -0.25) is 9.48 Å². The van der Waals surface area contributed by atoms with E-state index >= 15 is 8.78 Å². The third-order valence-corrected chi connectivity index (χ3v) is 7.87. The Hall–Kier alpha value is -4.02. The van der Waals surface area contributed by atoms with Crippen molar-refractivity contribution in [3.63, 3.8) is 0 Å². The Balaban J connectivity index is 1.21. The molecule has 2 unspecified atom stereocenters. The smallest absolute Gasteiger partial charge is 0.349 e. The fraction of sp³-hybridized carbons (Fsp3) is 0.355. The third-order valence-electron chi connectivity index (χ3n) is 7.87. The molecule has 1 fully saturated rings. The van der Waals surface area contributed by atoms with Gasteiger partial charge < -0.3 is 24.8 Å². The van der Waals surface area contributed by atoms with Gasteiger partial charge in [-0.15, -0.1) is 0 Å². The number of alkyl halides is 2. The molecule has 8 nitrogen and oxygen atoms in total. The summed E-state index contributed by atoms with van der Waals surface area (Å²) in [6.45, 7) is 2.61. The molecule has 0 spiro atoms. The van der Waals surface area contributed by atoms with Crippen LogP contribution in [0.15, 0.2) is 66.9 Å². The predicted molar refractivity (Wildman–Crippen MR) is 150 cm³/mol. The van der Waals surface area contributed by atoms with Crippen molar-refractivity contribution in [2.75, 3.05) is 32.8 Å². The Kier molecular flexibility index (Phi) is 7.35. The fourth-order valence-corrected chi connectivity index (χ4v) is 5.55. The molecule has 1 aromatic heterocycles. The van der Waals surface area contributed by atoms with Crippen LogP contribution in [0.4, 0.5) is 8.78 Å². The van der Waals surface area contributed by atoms with Crippen LogP contribution in [0.1, 0.15) is 30.1 Å². The largest absolute Gasteiger partial charge is 0.486 e. The molecular formula is C31H32F2N4O4. The second-order valence-corrected chi connectivity index (χ2v) is 10.6. The summed E-state index contributed by atoms with van der Waals surface area (Å²) < 4.78 is 44.0. The van der Waals surface area contributed by atoms with Gasteiger partial charge in [0.05, 0.1) is 17.8 Å². The van der Waals surface area contributed by atoms with E-state index in [4.69, 9.17) is 9.47 Å². The number of likely N-dealkylation sites (tertiary alicyclic amines) is 1. The standard InChI is InChI=1S/C31H32F2N4O4/c1-36-26-10-6-21(16-23(26)18-34-36)20-4-8-24(9-5-20)31(32,33)30(39)35-25(19-37-12-2-3-13-37)29(38)22-7-11-27-28(17-22)41-15-14-40-27/h4-11,16-18,25,29,38H,2-3,12-15,19H2,1H3,(H,35,39). The summed E-state index contributed by atoms with van der Waals surface area (Å²) in [4.78, 5) is 15.1. The zero-order valence-corrected chi connectivity index (χ0v) is 22.7. The van der Waals surface area contributed by atoms with Gasteiger partial charge in [-0.2, -0.15) is 13.9 Å². The Morgan fingerprint density at radius 3 is 2.46 bits per heavy atom. The summed E-state index contributed by atoms with van der Waals surface area (Å²) in [5, 5.41) is 18.9. The molecular weight excluding hydrogens is 530 g/mol. The van der Waals surface area contributed by atoms with Gasteiger partial charge in [0.25, 0.3) is 5.91 Å². The number of carbonyl (C=O) groups excluding carboxylic acids is 1. The molecule has 3 heterocycles. The first-order chi connectivity index (χ1) is 19.8. The Morgan fingerprint density at radius 1 is 1.00 bits per heavy atom. The molecule has 0 aliphatic carbocycles. The number of ether oxygens (including phenoxy) is 2. The fourth-order valence-electron chi connectivity index (χ4n) is 5.55. The van der Waals surface area contributed by atoms with Crippen molar-refractivity contribution in [3.8, 4) is 22.6 Å². The zero-order valence-electron chi connectivity index (χ0n) is 22.7. The molecule has 0 saturated carbocycles. The highest BCUT2D eigenvalue weighted by molar-refractivity contribution is 5.86. The predicted octanol–water partition coefficient (Wildman–Crippen LogP) is 4.42. The van der Waals surface area contributed by atoms with Crippen molar-refractivity contribution in [1.29, 1.82) is 0 Å². The quantitative estimate of drug-likeness (QED) is 0.331. The number of aromatic nitrogens is 2. The van der Waals surface area contributed by atoms with Crippen LogP contribution in [0.3, 0.4) is 0 Å². The molecule has 3 aromatic carbocycles. The zero-order chi connectivity index (χ0) is 28.6. The first-order valence-corrected chi connectivity index (χ1v) is 13.8. The van der Waals surface area contributed by atoms with Gasteiger partial charge in [0.2, 0.25) is 0 Å². The molecule has 4 aromatic rings. The van der Waals surface area contributed by atoms with E-state index in [9.17, 15) is 9.90 Å². The van der Waals surface area contributed by atoms with Crippen LogP contribution in [0, 0.1) is 0 Å². The van der Waals surface area contributed by atoms with E-state index in [0.29, 0.717) is 30.3 Å². The van der Waals surface area contributed by atoms with Crippen LogP contribution in [-0.2, 0) is 17.8 Å². The van der Waals surface area contributed by atoms with Gasteiger partial charge in [0.15, 0.2) is 11.5 Å². The Morgan fingerprint density at radius 2 is 1.71 bits per heavy atom. The van der Waals surface area contributed by atoms with Gasteiger partial charge in [-0.25, -0.2) is 0 Å². The van der Waals surface area contributed by atoms with E-state index in [1.54, 1.807) is 41.2 Å². The summed E-state index contributed by atoms with van der Waals surface area (Å²) in [6, 6.07) is 15.5. The number of carbonyl (C=O) groups is 1. The molecule has 10 heteroatoms. The van der Waals surface area contributed by atoms with E-state index in [1.165, 1.54) is 12.1 Å². The van der Waals surface area contributed by atoms with E-state index in [0.717, 1.165) is 48.0 Å². The van der Waals surface area contributed by atoms with Crippen LogP contribution in [0.5, 0.6) is 11.5 Å². The first kappa shape index (κ1) is 27.2. The monoisotopic (exact) mass is 562 g/mol. The lowest BCUT2D eigenvalue weighted by Gasteiger charge is -2.30. The Bertz CT molecular complexity index is 1550. The maximum absolute atomic E-state index is 15.5. The highest BCUT2D eigenvalue weighted by Crippen LogP contribution is 2.35. The van der Waals surface area contributed by atoms with Crippen LogP contribution in [0.25, 0.3) is 22.0 Å². The lowest BCUT2D eigenvalue weighted by molar-refractivity contribution is -0.149. The molecule has 6 rings (SSSR count). The number of fused-ring (bicyclic) bond motifs is 2. The van der Waals surface area contributed by atoms with Crippen molar-refractivity contribution in [2.24, 2.45) is 7.05 Å². The minimum Gasteiger partial charge on any atom is -0.486 e. The van der Waals surface area contributed by atoms with Crippen molar-refractivity contribution in [3.05, 3.63) is 78.0 Å². The average Bonchev–Trinajstić information content (AvgIpc) is 3.65. The van der Waals surface area contributed by atoms with Gasteiger partial charge in [-0.05, 0) is 66.9 Å². The molecule has 2 N–H and O–H groups in total. The average molecular weight is 563 g/mol. The normalized spacial score (nSPS) is 17.0. The third kappa shape index (κ3) is 5.49. The summed E-state index contributed by atoms with van der Waals surface area (Å²) >= 11 is 0. The van der Waals surface area contributed by atoms with E-state index in [2.05, 4.69) is 15.3 Å². The number of benzene rings is 3. The number of nitrogens with one attached hydrogen (secondary N) is 1. The lowest BCUT2D eigenvalue weighted by Crippen LogP contribution is -2.50. The Labute approximate surface area is 236 Å². The summed E-state index contributed by atoms with van der Waals surface area (Å²) in [5.74, 6) is -4.22. The van der Waals surface area contributed by atoms with Crippen LogP contribution >= 0.6 is 0 Å². The maximum Gasteiger partial charge on any atom is 0.349 e. The maximum atomic E-state index is 15.5. The highest BCUT2D eigenvalue weighted by Gasteiger charge is 2.43. The molecule has 214 valence electrons. The number of amides is 1. The molecule has 1 saturated heterocycles. The van der Waals surface area contributed by atoms with Gasteiger partial charge >= 0.3 is 5.92 Å². The SMILES string of the molecule is Cn1ncc2cc(-c3ccc(C(F)(F)C(=O)NC(CN4CCCC4)C(O)c4ccc5c(c4)OCCO5)cc3)ccc21. The first-order valence-electron chi connectivity index (χ1n) is 13.8. The summed E-state index contributed by atoms with van der Waals surface area (Å²) in [7, 11) is 1.86. The molecule has 0 radical (unpaired) electrons. The lowest BCUT2D eigenvalue weighted by atomic mass is 9.98. The molecule has 1 amide bonds. The van der Waals surface area contributed by atoms with E-state index in [1.807, 2.05) is 25.2 Å². The second kappa shape index (κ2) is 11.1. The van der Waals surface area contributed by atoms with Crippen LogP contribution in [0.2, 0.25) is 0 Å². The summed E-state index contributed by atoms with van der Waals surface area (Å²) in [6.07, 6.45) is 2.49. The molecule has 2 atom stereocenters.